The molecule has 0 radical (unpaired) electrons. The van der Waals surface area contributed by atoms with Crippen LogP contribution in [0, 0.1) is 5.92 Å². The van der Waals surface area contributed by atoms with Gasteiger partial charge in [0.05, 0.1) is 10.4 Å². The number of carbonyl (C=O) groups excluding carboxylic acids is 1. The number of thiophene rings is 1. The minimum atomic E-state index is 0.121. The number of carbonyl (C=O) groups is 1. The molecule has 4 heterocycles. The van der Waals surface area contributed by atoms with Gasteiger partial charge in [-0.15, -0.1) is 21.5 Å². The number of benzene rings is 1. The highest BCUT2D eigenvalue weighted by Crippen LogP contribution is 2.34. The average molecular weight is 453 g/mol. The molecule has 4 aromatic rings. The Kier molecular flexibility index (Phi) is 4.40. The molecule has 2 fully saturated rings. The second-order valence-electron chi connectivity index (χ2n) is 8.33. The van der Waals surface area contributed by atoms with Crippen LogP contribution < -0.4 is 4.90 Å². The van der Waals surface area contributed by atoms with E-state index in [1.54, 1.807) is 11.3 Å². The molecule has 0 unspecified atom stereocenters. The molecule has 1 aromatic carbocycles. The van der Waals surface area contributed by atoms with Crippen LogP contribution in [0.1, 0.15) is 19.8 Å². The monoisotopic (exact) mass is 452 g/mol. The van der Waals surface area contributed by atoms with Gasteiger partial charge in [0.2, 0.25) is 11.9 Å². The predicted octanol–water partition coefficient (Wildman–Crippen LogP) is 4.11. The van der Waals surface area contributed by atoms with Gasteiger partial charge in [-0.3, -0.25) is 4.79 Å². The Morgan fingerprint density at radius 2 is 2.06 bits per heavy atom. The molecule has 1 atom stereocenters. The van der Waals surface area contributed by atoms with Crippen LogP contribution in [0.2, 0.25) is 5.02 Å². The van der Waals surface area contributed by atoms with E-state index in [2.05, 4.69) is 22.0 Å². The van der Waals surface area contributed by atoms with Crippen LogP contribution in [-0.2, 0) is 4.79 Å². The van der Waals surface area contributed by atoms with Gasteiger partial charge in [-0.1, -0.05) is 17.7 Å². The Bertz CT molecular complexity index is 1300. The molecule has 0 N–H and O–H groups in total. The number of anilines is 1. The van der Waals surface area contributed by atoms with Crippen molar-refractivity contribution in [2.75, 3.05) is 24.5 Å². The Morgan fingerprint density at radius 3 is 2.81 bits per heavy atom. The van der Waals surface area contributed by atoms with Crippen LogP contribution in [0.5, 0.6) is 0 Å². The largest absolute Gasteiger partial charge is 0.338 e. The van der Waals surface area contributed by atoms with Crippen molar-refractivity contribution in [3.8, 4) is 10.7 Å². The highest BCUT2D eigenvalue weighted by atomic mass is 35.5. The second-order valence-corrected chi connectivity index (χ2v) is 9.72. The zero-order valence-corrected chi connectivity index (χ0v) is 18.6. The summed E-state index contributed by atoms with van der Waals surface area (Å²) in [7, 11) is 0. The molecule has 0 bridgehead atoms. The van der Waals surface area contributed by atoms with Crippen LogP contribution >= 0.6 is 22.9 Å². The summed E-state index contributed by atoms with van der Waals surface area (Å²) in [6, 6.07) is 9.86. The molecule has 9 heteroatoms. The van der Waals surface area contributed by atoms with E-state index < -0.39 is 0 Å². The number of hydrogen-bond acceptors (Lipinski definition) is 6. The van der Waals surface area contributed by atoms with Gasteiger partial charge in [0.1, 0.15) is 0 Å². The zero-order valence-electron chi connectivity index (χ0n) is 17.0. The van der Waals surface area contributed by atoms with Gasteiger partial charge in [-0.05, 0) is 49.4 Å². The molecule has 1 amide bonds. The van der Waals surface area contributed by atoms with E-state index in [0.717, 1.165) is 52.6 Å². The van der Waals surface area contributed by atoms with Crippen molar-refractivity contribution in [3.05, 3.63) is 40.7 Å². The van der Waals surface area contributed by atoms with Crippen LogP contribution in [0.4, 0.5) is 5.95 Å². The van der Waals surface area contributed by atoms with E-state index in [4.69, 9.17) is 16.6 Å². The molecule has 1 saturated carbocycles. The lowest BCUT2D eigenvalue weighted by molar-refractivity contribution is -0.134. The molecule has 2 aliphatic rings. The van der Waals surface area contributed by atoms with Crippen LogP contribution in [0.25, 0.3) is 27.3 Å². The van der Waals surface area contributed by atoms with Gasteiger partial charge in [0.25, 0.3) is 0 Å². The van der Waals surface area contributed by atoms with E-state index >= 15 is 0 Å². The number of halogens is 1. The van der Waals surface area contributed by atoms with Crippen molar-refractivity contribution >= 4 is 51.3 Å². The first-order valence-corrected chi connectivity index (χ1v) is 11.8. The molecular weight excluding hydrogens is 432 g/mol. The van der Waals surface area contributed by atoms with Crippen molar-refractivity contribution in [3.63, 3.8) is 0 Å². The molecular formula is C22H21ClN6OS. The fourth-order valence-electron chi connectivity index (χ4n) is 4.40. The summed E-state index contributed by atoms with van der Waals surface area (Å²) in [5, 5.41) is 12.6. The number of piperazine rings is 1. The molecule has 158 valence electrons. The first-order chi connectivity index (χ1) is 15.1. The standard InChI is InChI=1S/C22H21ClN6OS/c1-13-12-27(8-9-28(13)21(30)14-4-5-14)22-24-17-11-15(23)6-7-16(17)19-25-26-20(29(19)22)18-3-2-10-31-18/h2-3,6-7,10-11,13-14H,4-5,8-9,12H2,1H3/t13-/m1/s1. The third-order valence-electron chi connectivity index (χ3n) is 6.15. The highest BCUT2D eigenvalue weighted by Gasteiger charge is 2.38. The van der Waals surface area contributed by atoms with Gasteiger partial charge in [-0.25, -0.2) is 9.38 Å². The normalized spacial score (nSPS) is 19.5. The second kappa shape index (κ2) is 7.17. The SMILES string of the molecule is C[C@@H]1CN(c2nc3cc(Cl)ccc3c3nnc(-c4cccs4)n23)CCN1C(=O)C1CC1. The summed E-state index contributed by atoms with van der Waals surface area (Å²) >= 11 is 7.90. The van der Waals surface area contributed by atoms with E-state index in [1.165, 1.54) is 0 Å². The van der Waals surface area contributed by atoms with Gasteiger partial charge < -0.3 is 9.80 Å². The molecule has 0 spiro atoms. The Labute approximate surface area is 188 Å². The molecule has 31 heavy (non-hydrogen) atoms. The Balaban J connectivity index is 1.48. The van der Waals surface area contributed by atoms with E-state index in [9.17, 15) is 4.79 Å². The smallest absolute Gasteiger partial charge is 0.226 e. The van der Waals surface area contributed by atoms with E-state index in [-0.39, 0.29) is 12.0 Å². The lowest BCUT2D eigenvalue weighted by Gasteiger charge is -2.40. The third kappa shape index (κ3) is 3.16. The van der Waals surface area contributed by atoms with E-state index in [1.807, 2.05) is 45.0 Å². The van der Waals surface area contributed by atoms with Gasteiger partial charge in [-0.2, -0.15) is 0 Å². The van der Waals surface area contributed by atoms with Crippen molar-refractivity contribution in [2.24, 2.45) is 5.92 Å². The first-order valence-electron chi connectivity index (χ1n) is 10.5. The summed E-state index contributed by atoms with van der Waals surface area (Å²) in [6.07, 6.45) is 2.06. The number of nitrogens with zero attached hydrogens (tertiary/aromatic N) is 6. The molecule has 1 aliphatic carbocycles. The molecule has 3 aromatic heterocycles. The lowest BCUT2D eigenvalue weighted by atomic mass is 10.1. The van der Waals surface area contributed by atoms with Crippen molar-refractivity contribution < 1.29 is 4.79 Å². The van der Waals surface area contributed by atoms with Gasteiger partial charge in [0, 0.05) is 42.0 Å². The summed E-state index contributed by atoms with van der Waals surface area (Å²) in [5.41, 5.74) is 1.56. The topological polar surface area (TPSA) is 66.6 Å². The van der Waals surface area contributed by atoms with Crippen molar-refractivity contribution in [1.82, 2.24) is 24.5 Å². The fraction of sp³-hybridized carbons (Fsp3) is 0.364. The maximum atomic E-state index is 12.7. The van der Waals surface area contributed by atoms with Crippen LogP contribution in [-0.4, -0.2) is 56.1 Å². The number of aromatic nitrogens is 4. The van der Waals surface area contributed by atoms with Crippen molar-refractivity contribution in [2.45, 2.75) is 25.8 Å². The van der Waals surface area contributed by atoms with Crippen molar-refractivity contribution in [1.29, 1.82) is 0 Å². The average Bonchev–Trinajstić information content (AvgIpc) is 3.29. The molecule has 1 saturated heterocycles. The van der Waals surface area contributed by atoms with Gasteiger partial charge >= 0.3 is 0 Å². The summed E-state index contributed by atoms with van der Waals surface area (Å²) < 4.78 is 2.05. The van der Waals surface area contributed by atoms with E-state index in [0.29, 0.717) is 24.0 Å². The number of hydrogen-bond donors (Lipinski definition) is 0. The minimum Gasteiger partial charge on any atom is -0.338 e. The molecule has 6 rings (SSSR count). The van der Waals surface area contributed by atoms with Crippen LogP contribution in [0.3, 0.4) is 0 Å². The predicted molar refractivity (Wildman–Crippen MR) is 123 cm³/mol. The maximum Gasteiger partial charge on any atom is 0.226 e. The number of fused-ring (bicyclic) bond motifs is 3. The Hall–Kier alpha value is -2.71. The minimum absolute atomic E-state index is 0.121. The maximum absolute atomic E-state index is 12.7. The lowest BCUT2D eigenvalue weighted by Crippen LogP contribution is -2.55. The molecule has 7 nitrogen and oxygen atoms in total. The zero-order chi connectivity index (χ0) is 21.1. The quantitative estimate of drug-likeness (QED) is 0.468. The summed E-state index contributed by atoms with van der Waals surface area (Å²) in [5.74, 6) is 2.13. The number of rotatable bonds is 3. The fourth-order valence-corrected chi connectivity index (χ4v) is 5.27. The Morgan fingerprint density at radius 1 is 1.19 bits per heavy atom. The first kappa shape index (κ1) is 19.0. The molecule has 1 aliphatic heterocycles. The van der Waals surface area contributed by atoms with Crippen LogP contribution in [0.15, 0.2) is 35.7 Å². The third-order valence-corrected chi connectivity index (χ3v) is 7.25. The van der Waals surface area contributed by atoms with Gasteiger partial charge in [0.15, 0.2) is 11.5 Å². The highest BCUT2D eigenvalue weighted by molar-refractivity contribution is 7.13. The summed E-state index contributed by atoms with van der Waals surface area (Å²) in [6.45, 7) is 4.26. The summed E-state index contributed by atoms with van der Waals surface area (Å²) in [4.78, 5) is 23.0. The number of amides is 1.